The van der Waals surface area contributed by atoms with Crippen molar-refractivity contribution >= 4 is 32.6 Å². The second kappa shape index (κ2) is 9.81. The molecule has 2 heterocycles. The number of fused-ring (bicyclic) bond motifs is 5. The smallest absolute Gasteiger partial charge is 0.120 e. The molecule has 1 aromatic heterocycles. The van der Waals surface area contributed by atoms with E-state index in [9.17, 15) is 0 Å². The number of rotatable bonds is 7. The van der Waals surface area contributed by atoms with Gasteiger partial charge in [0.15, 0.2) is 0 Å². The fourth-order valence-electron chi connectivity index (χ4n) is 5.75. The molecule has 4 nitrogen and oxygen atoms in total. The van der Waals surface area contributed by atoms with Crippen molar-refractivity contribution in [2.24, 2.45) is 0 Å². The van der Waals surface area contributed by atoms with Crippen molar-refractivity contribution < 1.29 is 14.2 Å². The highest BCUT2D eigenvalue weighted by molar-refractivity contribution is 7.20. The quantitative estimate of drug-likeness (QED) is 0.367. The summed E-state index contributed by atoms with van der Waals surface area (Å²) in [5, 5.41) is 1.31. The minimum atomic E-state index is 0.177. The van der Waals surface area contributed by atoms with Crippen LogP contribution >= 0.6 is 11.3 Å². The van der Waals surface area contributed by atoms with E-state index in [0.29, 0.717) is 0 Å². The third kappa shape index (κ3) is 4.31. The Hall–Kier alpha value is -2.60. The standard InChI is InChI=1S/C30H33NO3S/c1-32-22-10-12-24-26(18-22)30-29(25-13-11-23(33-2)19-27(25)35-30)28(24)20-6-8-21(9-7-20)34-17-16-31-14-4-3-5-15-31/h6-9,11,13,18-19,22H,3-5,10,12,14-17H2,1-2H3. The van der Waals surface area contributed by atoms with Gasteiger partial charge in [-0.05, 0) is 97.5 Å². The molecule has 1 atom stereocenters. The molecule has 0 saturated carbocycles. The topological polar surface area (TPSA) is 30.9 Å². The molecular weight excluding hydrogens is 454 g/mol. The highest BCUT2D eigenvalue weighted by Crippen LogP contribution is 2.54. The monoisotopic (exact) mass is 487 g/mol. The molecule has 1 unspecified atom stereocenters. The second-order valence-electron chi connectivity index (χ2n) is 9.69. The number of piperidine rings is 1. The summed E-state index contributed by atoms with van der Waals surface area (Å²) in [4.78, 5) is 3.88. The van der Waals surface area contributed by atoms with Crippen molar-refractivity contribution in [2.75, 3.05) is 40.5 Å². The lowest BCUT2D eigenvalue weighted by atomic mass is 9.89. The van der Waals surface area contributed by atoms with Crippen LogP contribution in [0.15, 0.2) is 54.1 Å². The zero-order valence-corrected chi connectivity index (χ0v) is 21.5. The summed E-state index contributed by atoms with van der Waals surface area (Å²) in [5.41, 5.74) is 6.81. The van der Waals surface area contributed by atoms with Crippen LogP contribution in [0.1, 0.15) is 48.1 Å². The number of hydrogen-bond donors (Lipinski definition) is 0. The Morgan fingerprint density at radius 3 is 2.54 bits per heavy atom. The molecule has 0 radical (unpaired) electrons. The number of nitrogens with zero attached hydrogens (tertiary/aromatic N) is 1. The average molecular weight is 488 g/mol. The number of allylic oxidation sites excluding steroid dienone is 2. The lowest BCUT2D eigenvalue weighted by Crippen LogP contribution is -2.33. The van der Waals surface area contributed by atoms with Gasteiger partial charge in [-0.3, -0.25) is 4.90 Å². The second-order valence-corrected chi connectivity index (χ2v) is 10.7. The maximum atomic E-state index is 6.11. The van der Waals surface area contributed by atoms with Crippen molar-refractivity contribution in [3.8, 4) is 11.5 Å². The van der Waals surface area contributed by atoms with Gasteiger partial charge >= 0.3 is 0 Å². The van der Waals surface area contributed by atoms with Crippen LogP contribution in [0.5, 0.6) is 11.5 Å². The van der Waals surface area contributed by atoms with Crippen LogP contribution < -0.4 is 9.47 Å². The van der Waals surface area contributed by atoms with E-state index in [1.165, 1.54) is 75.2 Å². The maximum absolute atomic E-state index is 6.11. The number of benzene rings is 2. The van der Waals surface area contributed by atoms with Crippen LogP contribution in [0.3, 0.4) is 0 Å². The number of ether oxygens (including phenoxy) is 3. The van der Waals surface area contributed by atoms with Crippen molar-refractivity contribution in [1.29, 1.82) is 0 Å². The van der Waals surface area contributed by atoms with Gasteiger partial charge in [0, 0.05) is 34.2 Å². The van der Waals surface area contributed by atoms with Crippen LogP contribution in [0.25, 0.3) is 21.2 Å². The molecule has 1 fully saturated rings. The molecule has 2 aromatic carbocycles. The van der Waals surface area contributed by atoms with Crippen LogP contribution in [0.4, 0.5) is 0 Å². The van der Waals surface area contributed by atoms with Crippen LogP contribution in [-0.2, 0) is 4.74 Å². The Labute approximate surface area is 211 Å². The van der Waals surface area contributed by atoms with Gasteiger partial charge in [0.1, 0.15) is 18.1 Å². The van der Waals surface area contributed by atoms with Gasteiger partial charge < -0.3 is 14.2 Å². The Balaban J connectivity index is 1.31. The van der Waals surface area contributed by atoms with Gasteiger partial charge in [-0.15, -0.1) is 11.3 Å². The number of thiophene rings is 1. The van der Waals surface area contributed by atoms with Crippen LogP contribution in [-0.4, -0.2) is 51.5 Å². The van der Waals surface area contributed by atoms with E-state index in [0.717, 1.165) is 37.5 Å². The lowest BCUT2D eigenvalue weighted by molar-refractivity contribution is 0.132. The van der Waals surface area contributed by atoms with E-state index in [1.807, 2.05) is 18.4 Å². The normalized spacial score (nSPS) is 20.1. The Kier molecular flexibility index (Phi) is 6.40. The predicted octanol–water partition coefficient (Wildman–Crippen LogP) is 6.78. The van der Waals surface area contributed by atoms with E-state index < -0.39 is 0 Å². The summed E-state index contributed by atoms with van der Waals surface area (Å²) in [6.07, 6.45) is 8.57. The molecule has 0 amide bonds. The van der Waals surface area contributed by atoms with Crippen molar-refractivity contribution in [3.63, 3.8) is 0 Å². The van der Waals surface area contributed by atoms with E-state index in [4.69, 9.17) is 14.2 Å². The zero-order chi connectivity index (χ0) is 23.8. The summed E-state index contributed by atoms with van der Waals surface area (Å²) in [7, 11) is 3.54. The first-order valence-corrected chi connectivity index (χ1v) is 13.6. The van der Waals surface area contributed by atoms with Gasteiger partial charge in [0.25, 0.3) is 0 Å². The van der Waals surface area contributed by atoms with Gasteiger partial charge in [-0.1, -0.05) is 18.6 Å². The highest BCUT2D eigenvalue weighted by Gasteiger charge is 2.34. The van der Waals surface area contributed by atoms with Crippen LogP contribution in [0.2, 0.25) is 0 Å². The predicted molar refractivity (Wildman–Crippen MR) is 145 cm³/mol. The molecule has 2 aliphatic carbocycles. The van der Waals surface area contributed by atoms with Crippen molar-refractivity contribution in [1.82, 2.24) is 4.90 Å². The Morgan fingerprint density at radius 1 is 0.971 bits per heavy atom. The first-order valence-electron chi connectivity index (χ1n) is 12.8. The molecule has 0 N–H and O–H groups in total. The number of hydrogen-bond acceptors (Lipinski definition) is 5. The molecule has 3 aromatic rings. The van der Waals surface area contributed by atoms with E-state index in [1.54, 1.807) is 7.11 Å². The minimum absolute atomic E-state index is 0.177. The van der Waals surface area contributed by atoms with Gasteiger partial charge in [0.2, 0.25) is 0 Å². The van der Waals surface area contributed by atoms with E-state index >= 15 is 0 Å². The molecule has 1 aliphatic heterocycles. The third-order valence-electron chi connectivity index (χ3n) is 7.62. The third-order valence-corrected chi connectivity index (χ3v) is 8.81. The Bertz CT molecular complexity index is 1280. The van der Waals surface area contributed by atoms with Gasteiger partial charge in [0.05, 0.1) is 13.2 Å². The molecular formula is C30H33NO3S. The SMILES string of the molecule is COc1ccc2c3c(sc2c1)C1=CC(OC)CCC1=C3c1ccc(OCCN2CCCCC2)cc1. The largest absolute Gasteiger partial charge is 0.497 e. The van der Waals surface area contributed by atoms with Crippen molar-refractivity contribution in [3.05, 3.63) is 70.1 Å². The summed E-state index contributed by atoms with van der Waals surface area (Å²) >= 11 is 1.87. The molecule has 5 heteroatoms. The summed E-state index contributed by atoms with van der Waals surface area (Å²) < 4.78 is 18.6. The first-order chi connectivity index (χ1) is 17.2. The number of likely N-dealkylation sites (tertiary alicyclic amines) is 1. The van der Waals surface area contributed by atoms with Crippen molar-refractivity contribution in [2.45, 2.75) is 38.2 Å². The maximum Gasteiger partial charge on any atom is 0.120 e. The zero-order valence-electron chi connectivity index (χ0n) is 20.6. The van der Waals surface area contributed by atoms with Gasteiger partial charge in [-0.25, -0.2) is 0 Å². The lowest BCUT2D eigenvalue weighted by Gasteiger charge is -2.26. The van der Waals surface area contributed by atoms with E-state index in [2.05, 4.69) is 53.4 Å². The average Bonchev–Trinajstić information content (AvgIpc) is 3.43. The Morgan fingerprint density at radius 2 is 1.77 bits per heavy atom. The molecule has 1 saturated heterocycles. The first kappa shape index (κ1) is 22.8. The summed E-state index contributed by atoms with van der Waals surface area (Å²) in [6, 6.07) is 15.2. The highest BCUT2D eigenvalue weighted by atomic mass is 32.1. The molecule has 6 rings (SSSR count). The molecule has 35 heavy (non-hydrogen) atoms. The van der Waals surface area contributed by atoms with E-state index in [-0.39, 0.29) is 6.10 Å². The van der Waals surface area contributed by atoms with Gasteiger partial charge in [-0.2, -0.15) is 0 Å². The summed E-state index contributed by atoms with van der Waals surface area (Å²) in [6.45, 7) is 4.18. The fourth-order valence-corrected chi connectivity index (χ4v) is 7.04. The molecule has 3 aliphatic rings. The summed E-state index contributed by atoms with van der Waals surface area (Å²) in [5.74, 6) is 1.86. The van der Waals surface area contributed by atoms with Crippen LogP contribution in [0, 0.1) is 0 Å². The minimum Gasteiger partial charge on any atom is -0.497 e. The number of methoxy groups -OCH3 is 2. The molecule has 0 spiro atoms. The molecule has 182 valence electrons. The molecule has 0 bridgehead atoms. The fraction of sp³-hybridized carbons (Fsp3) is 0.400.